The summed E-state index contributed by atoms with van der Waals surface area (Å²) in [7, 11) is 2.05. The van der Waals surface area contributed by atoms with Gasteiger partial charge in [-0.15, -0.1) is 11.8 Å². The summed E-state index contributed by atoms with van der Waals surface area (Å²) in [6.07, 6.45) is 4.63. The van der Waals surface area contributed by atoms with E-state index in [1.54, 1.807) is 0 Å². The molecule has 0 fully saturated rings. The zero-order valence-corrected chi connectivity index (χ0v) is 13.3. The summed E-state index contributed by atoms with van der Waals surface area (Å²) in [4.78, 5) is 1.27. The van der Waals surface area contributed by atoms with E-state index >= 15 is 0 Å². The Kier molecular flexibility index (Phi) is 6.54. The topological polar surface area (TPSA) is 30.5 Å². The Labute approximate surface area is 126 Å². The Balaban J connectivity index is 1.80. The van der Waals surface area contributed by atoms with Crippen molar-refractivity contribution in [2.45, 2.75) is 43.5 Å². The molecule has 0 saturated carbocycles. The van der Waals surface area contributed by atoms with Crippen LogP contribution >= 0.6 is 11.8 Å². The van der Waals surface area contributed by atoms with Gasteiger partial charge in [0.15, 0.2) is 11.5 Å². The minimum Gasteiger partial charge on any atom is -0.490 e. The number of rotatable bonds is 7. The highest BCUT2D eigenvalue weighted by Crippen LogP contribution is 2.34. The summed E-state index contributed by atoms with van der Waals surface area (Å²) in [6.45, 7) is 3.74. The van der Waals surface area contributed by atoms with Crippen molar-refractivity contribution in [1.82, 2.24) is 5.32 Å². The minimum absolute atomic E-state index is 0.652. The molecular formula is C16H25NO2S. The van der Waals surface area contributed by atoms with Crippen LogP contribution in [-0.4, -0.2) is 32.1 Å². The van der Waals surface area contributed by atoms with Crippen molar-refractivity contribution in [3.05, 3.63) is 18.2 Å². The maximum absolute atomic E-state index is 5.72. The van der Waals surface area contributed by atoms with E-state index < -0.39 is 0 Å². The molecular weight excluding hydrogens is 270 g/mol. The standard InChI is InChI=1S/C16H25NO2S/c1-3-13(17-2)6-4-11-20-14-7-8-15-16(12-14)19-10-5-9-18-15/h7-8,12-13,17H,3-6,9-11H2,1-2H3. The maximum Gasteiger partial charge on any atom is 0.162 e. The van der Waals surface area contributed by atoms with Crippen molar-refractivity contribution in [2.24, 2.45) is 0 Å². The fourth-order valence-electron chi connectivity index (χ4n) is 2.31. The molecule has 1 aliphatic heterocycles. The lowest BCUT2D eigenvalue weighted by molar-refractivity contribution is 0.297. The molecule has 0 aromatic heterocycles. The average Bonchev–Trinajstić information content (AvgIpc) is 2.72. The Hall–Kier alpha value is -0.870. The van der Waals surface area contributed by atoms with E-state index in [9.17, 15) is 0 Å². The van der Waals surface area contributed by atoms with Crippen LogP contribution in [0, 0.1) is 0 Å². The van der Waals surface area contributed by atoms with Crippen molar-refractivity contribution < 1.29 is 9.47 Å². The van der Waals surface area contributed by atoms with Gasteiger partial charge in [-0.05, 0) is 50.3 Å². The summed E-state index contributed by atoms with van der Waals surface area (Å²) >= 11 is 1.90. The second-order valence-electron chi connectivity index (χ2n) is 5.04. The third-order valence-corrected chi connectivity index (χ3v) is 4.67. The molecule has 0 spiro atoms. The van der Waals surface area contributed by atoms with Crippen molar-refractivity contribution in [3.63, 3.8) is 0 Å². The molecule has 1 unspecified atom stereocenters. The van der Waals surface area contributed by atoms with Crippen LogP contribution in [0.4, 0.5) is 0 Å². The number of benzene rings is 1. The van der Waals surface area contributed by atoms with Crippen molar-refractivity contribution in [2.75, 3.05) is 26.0 Å². The molecule has 0 aliphatic carbocycles. The smallest absolute Gasteiger partial charge is 0.162 e. The van der Waals surface area contributed by atoms with E-state index in [2.05, 4.69) is 24.4 Å². The fraction of sp³-hybridized carbons (Fsp3) is 0.625. The van der Waals surface area contributed by atoms with Crippen LogP contribution in [0.5, 0.6) is 11.5 Å². The van der Waals surface area contributed by atoms with Crippen molar-refractivity contribution in [1.29, 1.82) is 0 Å². The zero-order valence-electron chi connectivity index (χ0n) is 12.5. The zero-order chi connectivity index (χ0) is 14.2. The Morgan fingerprint density at radius 1 is 1.25 bits per heavy atom. The lowest BCUT2D eigenvalue weighted by Crippen LogP contribution is -2.23. The van der Waals surface area contributed by atoms with Crippen LogP contribution in [-0.2, 0) is 0 Å². The number of fused-ring (bicyclic) bond motifs is 1. The van der Waals surface area contributed by atoms with Gasteiger partial charge in [-0.2, -0.15) is 0 Å². The number of thioether (sulfide) groups is 1. The van der Waals surface area contributed by atoms with Crippen LogP contribution in [0.2, 0.25) is 0 Å². The van der Waals surface area contributed by atoms with E-state index in [1.165, 1.54) is 24.2 Å². The highest BCUT2D eigenvalue weighted by Gasteiger charge is 2.10. The second-order valence-corrected chi connectivity index (χ2v) is 6.21. The molecule has 0 bridgehead atoms. The largest absolute Gasteiger partial charge is 0.490 e. The average molecular weight is 295 g/mol. The molecule has 2 rings (SSSR count). The van der Waals surface area contributed by atoms with Crippen LogP contribution < -0.4 is 14.8 Å². The predicted molar refractivity (Wildman–Crippen MR) is 85.1 cm³/mol. The predicted octanol–water partition coefficient (Wildman–Crippen LogP) is 3.72. The van der Waals surface area contributed by atoms with E-state index in [0.29, 0.717) is 6.04 Å². The number of hydrogen-bond donors (Lipinski definition) is 1. The molecule has 0 saturated heterocycles. The molecule has 1 heterocycles. The van der Waals surface area contributed by atoms with Gasteiger partial charge in [-0.3, -0.25) is 0 Å². The van der Waals surface area contributed by atoms with Gasteiger partial charge in [0.2, 0.25) is 0 Å². The first-order valence-corrected chi connectivity index (χ1v) is 8.51. The van der Waals surface area contributed by atoms with Gasteiger partial charge in [0.1, 0.15) is 0 Å². The molecule has 1 aromatic rings. The lowest BCUT2D eigenvalue weighted by Gasteiger charge is -2.13. The molecule has 1 N–H and O–H groups in total. The Bertz CT molecular complexity index is 407. The van der Waals surface area contributed by atoms with Crippen molar-refractivity contribution >= 4 is 11.8 Å². The van der Waals surface area contributed by atoms with Crippen LogP contribution in [0.15, 0.2) is 23.1 Å². The molecule has 112 valence electrons. The third-order valence-electron chi connectivity index (χ3n) is 3.59. The molecule has 3 nitrogen and oxygen atoms in total. The molecule has 0 amide bonds. The van der Waals surface area contributed by atoms with Gasteiger partial charge in [0.05, 0.1) is 13.2 Å². The first kappa shape index (κ1) is 15.5. The van der Waals surface area contributed by atoms with E-state index in [-0.39, 0.29) is 0 Å². The molecule has 20 heavy (non-hydrogen) atoms. The summed E-state index contributed by atoms with van der Waals surface area (Å²) < 4.78 is 11.4. The van der Waals surface area contributed by atoms with Crippen LogP contribution in [0.3, 0.4) is 0 Å². The molecule has 1 atom stereocenters. The summed E-state index contributed by atoms with van der Waals surface area (Å²) in [6, 6.07) is 6.93. The number of hydrogen-bond acceptors (Lipinski definition) is 4. The molecule has 1 aromatic carbocycles. The first-order chi connectivity index (χ1) is 9.83. The first-order valence-electron chi connectivity index (χ1n) is 7.53. The quantitative estimate of drug-likeness (QED) is 0.613. The van der Waals surface area contributed by atoms with Crippen LogP contribution in [0.1, 0.15) is 32.6 Å². The van der Waals surface area contributed by atoms with Crippen LogP contribution in [0.25, 0.3) is 0 Å². The van der Waals surface area contributed by atoms with E-state index in [4.69, 9.17) is 9.47 Å². The van der Waals surface area contributed by atoms with Gasteiger partial charge in [0.25, 0.3) is 0 Å². The normalized spacial score (nSPS) is 15.7. The number of nitrogens with one attached hydrogen (secondary N) is 1. The Morgan fingerprint density at radius 3 is 2.80 bits per heavy atom. The SMILES string of the molecule is CCC(CCCSc1ccc2c(c1)OCCCO2)NC. The second kappa shape index (κ2) is 8.42. The highest BCUT2D eigenvalue weighted by molar-refractivity contribution is 7.99. The third kappa shape index (κ3) is 4.60. The van der Waals surface area contributed by atoms with Gasteiger partial charge in [0, 0.05) is 17.4 Å². The van der Waals surface area contributed by atoms with Gasteiger partial charge in [-0.25, -0.2) is 0 Å². The monoisotopic (exact) mass is 295 g/mol. The lowest BCUT2D eigenvalue weighted by atomic mass is 10.1. The summed E-state index contributed by atoms with van der Waals surface area (Å²) in [5.74, 6) is 2.93. The summed E-state index contributed by atoms with van der Waals surface area (Å²) in [5.41, 5.74) is 0. The van der Waals surface area contributed by atoms with E-state index in [0.717, 1.165) is 36.9 Å². The minimum atomic E-state index is 0.652. The van der Waals surface area contributed by atoms with Gasteiger partial charge < -0.3 is 14.8 Å². The van der Waals surface area contributed by atoms with E-state index in [1.807, 2.05) is 24.9 Å². The molecule has 1 aliphatic rings. The van der Waals surface area contributed by atoms with Gasteiger partial charge in [-0.1, -0.05) is 6.92 Å². The fourth-order valence-corrected chi connectivity index (χ4v) is 3.21. The summed E-state index contributed by atoms with van der Waals surface area (Å²) in [5, 5.41) is 3.35. The van der Waals surface area contributed by atoms with Gasteiger partial charge >= 0.3 is 0 Å². The highest BCUT2D eigenvalue weighted by atomic mass is 32.2. The molecule has 0 radical (unpaired) electrons. The maximum atomic E-state index is 5.72. The Morgan fingerprint density at radius 2 is 2.05 bits per heavy atom. The van der Waals surface area contributed by atoms with Crippen molar-refractivity contribution in [3.8, 4) is 11.5 Å². The molecule has 4 heteroatoms. The number of ether oxygens (including phenoxy) is 2.